The second-order valence-electron chi connectivity index (χ2n) is 6.00. The molecular formula is C19H14BrN3O4. The lowest BCUT2D eigenvalue weighted by atomic mass is 9.98. The lowest BCUT2D eigenvalue weighted by Gasteiger charge is -2.14. The second-order valence-corrected chi connectivity index (χ2v) is 6.80. The standard InChI is InChI=1S/C19H14BrN3O4/c20-16-15(17(24)25)21-18(22-16)23-19(26)27-9-14-12-7-3-1-5-10(12)11-6-2-4-8-13(11)14/h1-8,14H,9H2,(H,24,25)(H2,21,22,23,26). The maximum Gasteiger partial charge on any atom is 0.414 e. The first-order chi connectivity index (χ1) is 13.0. The average molecular weight is 428 g/mol. The Morgan fingerprint density at radius 1 is 1.11 bits per heavy atom. The molecule has 0 atom stereocenters. The largest absolute Gasteiger partial charge is 0.476 e. The SMILES string of the molecule is O=C(Nc1nc(C(=O)O)c(Br)[nH]1)OCC1c2ccccc2-c2ccccc21. The van der Waals surface area contributed by atoms with E-state index < -0.39 is 12.1 Å². The fourth-order valence-electron chi connectivity index (χ4n) is 3.28. The van der Waals surface area contributed by atoms with Gasteiger partial charge in [0.2, 0.25) is 5.95 Å². The Balaban J connectivity index is 1.48. The number of benzene rings is 2. The number of amides is 1. The maximum absolute atomic E-state index is 12.1. The number of rotatable bonds is 4. The Labute approximate surface area is 162 Å². The van der Waals surface area contributed by atoms with Crippen LogP contribution in [0, 0.1) is 0 Å². The number of hydrogen-bond acceptors (Lipinski definition) is 4. The number of carbonyl (C=O) groups is 2. The van der Waals surface area contributed by atoms with Crippen LogP contribution in [0.25, 0.3) is 11.1 Å². The predicted molar refractivity (Wildman–Crippen MR) is 102 cm³/mol. The van der Waals surface area contributed by atoms with Gasteiger partial charge in [-0.05, 0) is 38.2 Å². The average Bonchev–Trinajstić information content (AvgIpc) is 3.18. The number of carbonyl (C=O) groups excluding carboxylic acids is 1. The summed E-state index contributed by atoms with van der Waals surface area (Å²) >= 11 is 3.05. The Hall–Kier alpha value is -3.13. The van der Waals surface area contributed by atoms with E-state index >= 15 is 0 Å². The highest BCUT2D eigenvalue weighted by molar-refractivity contribution is 9.10. The lowest BCUT2D eigenvalue weighted by molar-refractivity contribution is 0.0690. The molecule has 4 rings (SSSR count). The van der Waals surface area contributed by atoms with E-state index in [0.29, 0.717) is 0 Å². The summed E-state index contributed by atoms with van der Waals surface area (Å²) in [5.41, 5.74) is 4.29. The number of nitrogens with zero attached hydrogens (tertiary/aromatic N) is 1. The third-order valence-corrected chi connectivity index (χ3v) is 5.00. The maximum atomic E-state index is 12.1. The predicted octanol–water partition coefficient (Wildman–Crippen LogP) is 4.23. The van der Waals surface area contributed by atoms with E-state index in [4.69, 9.17) is 9.84 Å². The Kier molecular flexibility index (Phi) is 4.41. The Bertz CT molecular complexity index is 1000. The molecule has 2 aromatic carbocycles. The van der Waals surface area contributed by atoms with Gasteiger partial charge in [-0.25, -0.2) is 14.6 Å². The third kappa shape index (κ3) is 3.19. The summed E-state index contributed by atoms with van der Waals surface area (Å²) in [5, 5.41) is 11.4. The number of halogens is 1. The van der Waals surface area contributed by atoms with Gasteiger partial charge in [0.25, 0.3) is 0 Å². The molecule has 1 aromatic heterocycles. The summed E-state index contributed by atoms with van der Waals surface area (Å²) in [5.74, 6) is -1.27. The molecule has 1 aliphatic rings. The van der Waals surface area contributed by atoms with Crippen molar-refractivity contribution in [3.05, 3.63) is 70.0 Å². The van der Waals surface area contributed by atoms with Crippen molar-refractivity contribution in [2.24, 2.45) is 0 Å². The summed E-state index contributed by atoms with van der Waals surface area (Å²) in [6.07, 6.45) is -0.713. The highest BCUT2D eigenvalue weighted by Crippen LogP contribution is 2.44. The fraction of sp³-hybridized carbons (Fsp3) is 0.105. The number of H-pyrrole nitrogens is 1. The van der Waals surface area contributed by atoms with Crippen LogP contribution >= 0.6 is 15.9 Å². The summed E-state index contributed by atoms with van der Waals surface area (Å²) in [4.78, 5) is 29.5. The van der Waals surface area contributed by atoms with Crippen LogP contribution in [0.5, 0.6) is 0 Å². The summed E-state index contributed by atoms with van der Waals surface area (Å²) < 4.78 is 5.55. The Morgan fingerprint density at radius 2 is 1.70 bits per heavy atom. The number of imidazole rings is 1. The fourth-order valence-corrected chi connectivity index (χ4v) is 3.73. The number of nitrogens with one attached hydrogen (secondary N) is 2. The number of aromatic amines is 1. The van der Waals surface area contributed by atoms with E-state index in [-0.39, 0.29) is 28.8 Å². The first kappa shape index (κ1) is 17.3. The minimum atomic E-state index is -1.21. The first-order valence-electron chi connectivity index (χ1n) is 8.15. The van der Waals surface area contributed by atoms with Gasteiger partial charge in [-0.1, -0.05) is 48.5 Å². The van der Waals surface area contributed by atoms with Crippen molar-refractivity contribution in [2.45, 2.75) is 5.92 Å². The zero-order valence-corrected chi connectivity index (χ0v) is 15.5. The molecule has 3 N–H and O–H groups in total. The van der Waals surface area contributed by atoms with Crippen molar-refractivity contribution in [3.63, 3.8) is 0 Å². The number of carboxylic acid groups (broad SMARTS) is 1. The van der Waals surface area contributed by atoms with Crippen molar-refractivity contribution in [1.82, 2.24) is 9.97 Å². The summed E-state index contributed by atoms with van der Waals surface area (Å²) in [6, 6.07) is 16.1. The van der Waals surface area contributed by atoms with E-state index in [1.165, 1.54) is 0 Å². The van der Waals surface area contributed by atoms with Crippen LogP contribution in [0.4, 0.5) is 10.7 Å². The van der Waals surface area contributed by atoms with Crippen LogP contribution < -0.4 is 5.32 Å². The van der Waals surface area contributed by atoms with Gasteiger partial charge in [0, 0.05) is 5.92 Å². The minimum Gasteiger partial charge on any atom is -0.476 e. The quantitative estimate of drug-likeness (QED) is 0.577. The molecule has 0 saturated heterocycles. The monoisotopic (exact) mass is 427 g/mol. The van der Waals surface area contributed by atoms with Crippen molar-refractivity contribution in [1.29, 1.82) is 0 Å². The van der Waals surface area contributed by atoms with Gasteiger partial charge in [0.05, 0.1) is 0 Å². The molecule has 0 aliphatic heterocycles. The molecule has 1 heterocycles. The number of aromatic carboxylic acids is 1. The second kappa shape index (κ2) is 6.88. The summed E-state index contributed by atoms with van der Waals surface area (Å²) in [7, 11) is 0. The van der Waals surface area contributed by atoms with Gasteiger partial charge in [-0.3, -0.25) is 5.32 Å². The molecule has 136 valence electrons. The van der Waals surface area contributed by atoms with Gasteiger partial charge in [0.15, 0.2) is 5.69 Å². The van der Waals surface area contributed by atoms with E-state index in [1.54, 1.807) is 0 Å². The van der Waals surface area contributed by atoms with Gasteiger partial charge in [-0.2, -0.15) is 0 Å². The van der Waals surface area contributed by atoms with Crippen LogP contribution in [0.1, 0.15) is 27.5 Å². The van der Waals surface area contributed by atoms with Crippen molar-refractivity contribution >= 4 is 33.9 Å². The first-order valence-corrected chi connectivity index (χ1v) is 8.94. The number of carboxylic acids is 1. The number of anilines is 1. The van der Waals surface area contributed by atoms with E-state index in [9.17, 15) is 9.59 Å². The molecule has 0 saturated carbocycles. The highest BCUT2D eigenvalue weighted by atomic mass is 79.9. The molecule has 1 amide bonds. The van der Waals surface area contributed by atoms with Gasteiger partial charge in [0.1, 0.15) is 11.2 Å². The number of ether oxygens (including phenoxy) is 1. The number of hydrogen-bond donors (Lipinski definition) is 3. The number of aromatic nitrogens is 2. The van der Waals surface area contributed by atoms with Crippen LogP contribution in [0.3, 0.4) is 0 Å². The van der Waals surface area contributed by atoms with Gasteiger partial charge in [-0.15, -0.1) is 0 Å². The topological polar surface area (TPSA) is 104 Å². The molecule has 8 heteroatoms. The molecule has 3 aromatic rings. The van der Waals surface area contributed by atoms with Gasteiger partial charge < -0.3 is 14.8 Å². The molecule has 0 fully saturated rings. The van der Waals surface area contributed by atoms with Crippen molar-refractivity contribution in [3.8, 4) is 11.1 Å². The molecule has 0 bridgehead atoms. The Morgan fingerprint density at radius 3 is 2.26 bits per heavy atom. The van der Waals surface area contributed by atoms with Crippen LogP contribution in [0.15, 0.2) is 53.1 Å². The van der Waals surface area contributed by atoms with Crippen LogP contribution in [-0.4, -0.2) is 33.7 Å². The lowest BCUT2D eigenvalue weighted by Crippen LogP contribution is -2.18. The molecule has 0 radical (unpaired) electrons. The molecule has 7 nitrogen and oxygen atoms in total. The van der Waals surface area contributed by atoms with E-state index in [2.05, 4.69) is 43.3 Å². The molecular weight excluding hydrogens is 414 g/mol. The van der Waals surface area contributed by atoms with Crippen molar-refractivity contribution < 1.29 is 19.4 Å². The highest BCUT2D eigenvalue weighted by Gasteiger charge is 2.29. The smallest absolute Gasteiger partial charge is 0.414 e. The molecule has 0 unspecified atom stereocenters. The van der Waals surface area contributed by atoms with Crippen molar-refractivity contribution in [2.75, 3.05) is 11.9 Å². The molecule has 1 aliphatic carbocycles. The summed E-state index contributed by atoms with van der Waals surface area (Å²) in [6.45, 7) is 0.160. The molecule has 0 spiro atoms. The van der Waals surface area contributed by atoms with E-state index in [0.717, 1.165) is 22.3 Å². The number of fused-ring (bicyclic) bond motifs is 3. The third-order valence-electron chi connectivity index (χ3n) is 4.43. The zero-order valence-electron chi connectivity index (χ0n) is 13.9. The minimum absolute atomic E-state index is 0.00324. The van der Waals surface area contributed by atoms with Gasteiger partial charge >= 0.3 is 12.1 Å². The normalized spacial score (nSPS) is 12.3. The molecule has 27 heavy (non-hydrogen) atoms. The zero-order chi connectivity index (χ0) is 19.0. The van der Waals surface area contributed by atoms with Crippen LogP contribution in [0.2, 0.25) is 0 Å². The van der Waals surface area contributed by atoms with E-state index in [1.807, 2.05) is 36.4 Å². The van der Waals surface area contributed by atoms with Crippen LogP contribution in [-0.2, 0) is 4.74 Å².